The van der Waals surface area contributed by atoms with Crippen LogP contribution >= 0.6 is 0 Å². The summed E-state index contributed by atoms with van der Waals surface area (Å²) in [4.78, 5) is 23.1. The first kappa shape index (κ1) is 36.1. The first-order chi connectivity index (χ1) is 20.4. The van der Waals surface area contributed by atoms with Crippen LogP contribution in [0.5, 0.6) is 0 Å². The van der Waals surface area contributed by atoms with Crippen LogP contribution in [-0.2, 0) is 23.4 Å². The second-order valence-corrected chi connectivity index (χ2v) is 16.8. The van der Waals surface area contributed by atoms with E-state index in [0.717, 1.165) is 19.1 Å². The zero-order valence-corrected chi connectivity index (χ0v) is 28.0. The molecule has 0 unspecified atom stereocenters. The van der Waals surface area contributed by atoms with Crippen molar-refractivity contribution in [1.82, 2.24) is 5.32 Å². The average molecular weight is 610 g/mol. The summed E-state index contributed by atoms with van der Waals surface area (Å²) < 4.78 is 23.7. The number of carbonyl (C=O) groups is 2. The molecule has 236 valence electrons. The second kappa shape index (κ2) is 17.9. The van der Waals surface area contributed by atoms with Crippen LogP contribution in [0.15, 0.2) is 85.0 Å². The van der Waals surface area contributed by atoms with Crippen molar-refractivity contribution >= 4 is 31.1 Å². The molecule has 0 bridgehead atoms. The SMILES string of the molecule is COCO[C@@H](C/C=C/[C@H](C/C=C/C=O)O[Si](c1ccccc1)(c1ccccc1)C(C)(C)C)CCCNC(=O)OC(C)(C)C. The summed E-state index contributed by atoms with van der Waals surface area (Å²) in [6.07, 6.45) is 10.2. The fraction of sp³-hybridized carbons (Fsp3) is 0.486. The monoisotopic (exact) mass is 609 g/mol. The van der Waals surface area contributed by atoms with E-state index in [1.54, 1.807) is 7.11 Å². The van der Waals surface area contributed by atoms with Gasteiger partial charge in [0.15, 0.2) is 0 Å². The van der Waals surface area contributed by atoms with Crippen LogP contribution in [0.1, 0.15) is 67.2 Å². The van der Waals surface area contributed by atoms with E-state index in [1.807, 2.05) is 39.0 Å². The Morgan fingerprint density at radius 3 is 2.02 bits per heavy atom. The van der Waals surface area contributed by atoms with E-state index in [-0.39, 0.29) is 24.0 Å². The van der Waals surface area contributed by atoms with E-state index in [0.29, 0.717) is 19.4 Å². The van der Waals surface area contributed by atoms with Gasteiger partial charge >= 0.3 is 6.09 Å². The van der Waals surface area contributed by atoms with Crippen LogP contribution in [0.3, 0.4) is 0 Å². The molecule has 2 aromatic rings. The minimum absolute atomic E-state index is 0.101. The average Bonchev–Trinajstić information content (AvgIpc) is 2.95. The van der Waals surface area contributed by atoms with Crippen LogP contribution in [-0.4, -0.2) is 59.0 Å². The van der Waals surface area contributed by atoms with Crippen LogP contribution in [0.25, 0.3) is 0 Å². The molecule has 0 heterocycles. The normalized spacial score (nSPS) is 14.1. The number of hydrogen-bond acceptors (Lipinski definition) is 6. The highest BCUT2D eigenvalue weighted by Crippen LogP contribution is 2.38. The van der Waals surface area contributed by atoms with Gasteiger partial charge in [-0.05, 0) is 67.9 Å². The lowest BCUT2D eigenvalue weighted by atomic mass is 10.1. The minimum Gasteiger partial charge on any atom is -0.444 e. The number of ether oxygens (including phenoxy) is 3. The summed E-state index contributed by atoms with van der Waals surface area (Å²) in [6, 6.07) is 21.0. The predicted octanol–water partition coefficient (Wildman–Crippen LogP) is 6.32. The van der Waals surface area contributed by atoms with Crippen LogP contribution in [0.2, 0.25) is 5.04 Å². The van der Waals surface area contributed by atoms with Crippen molar-refractivity contribution in [3.63, 3.8) is 0 Å². The number of carbonyl (C=O) groups excluding carboxylic acids is 2. The van der Waals surface area contributed by atoms with Gasteiger partial charge in [-0.3, -0.25) is 4.79 Å². The van der Waals surface area contributed by atoms with E-state index < -0.39 is 20.0 Å². The van der Waals surface area contributed by atoms with Crippen molar-refractivity contribution in [3.8, 4) is 0 Å². The highest BCUT2D eigenvalue weighted by atomic mass is 28.4. The van der Waals surface area contributed by atoms with Gasteiger partial charge in [-0.1, -0.05) is 99.7 Å². The van der Waals surface area contributed by atoms with E-state index in [9.17, 15) is 9.59 Å². The Hall–Kier alpha value is -3.04. The smallest absolute Gasteiger partial charge is 0.407 e. The molecular weight excluding hydrogens is 558 g/mol. The molecule has 1 amide bonds. The van der Waals surface area contributed by atoms with Gasteiger partial charge in [-0.15, -0.1) is 0 Å². The lowest BCUT2D eigenvalue weighted by Gasteiger charge is -2.44. The molecule has 0 aromatic heterocycles. The number of methoxy groups -OCH3 is 1. The molecule has 7 nitrogen and oxygen atoms in total. The lowest BCUT2D eigenvalue weighted by molar-refractivity contribution is -0.104. The van der Waals surface area contributed by atoms with Gasteiger partial charge in [0, 0.05) is 13.7 Å². The lowest BCUT2D eigenvalue weighted by Crippen LogP contribution is -2.67. The van der Waals surface area contributed by atoms with Crippen molar-refractivity contribution < 1.29 is 28.2 Å². The van der Waals surface area contributed by atoms with Gasteiger partial charge in [0.05, 0.1) is 12.2 Å². The third-order valence-electron chi connectivity index (χ3n) is 6.87. The molecule has 2 aromatic carbocycles. The Balaban J connectivity index is 2.28. The largest absolute Gasteiger partial charge is 0.444 e. The van der Waals surface area contributed by atoms with E-state index in [4.69, 9.17) is 18.6 Å². The highest BCUT2D eigenvalue weighted by Gasteiger charge is 2.51. The van der Waals surface area contributed by atoms with Crippen molar-refractivity contribution in [2.45, 2.75) is 90.1 Å². The number of aldehydes is 1. The molecule has 0 saturated heterocycles. The fourth-order valence-electron chi connectivity index (χ4n) is 5.00. The Labute approximate surface area is 259 Å². The molecular formula is C35H51NO6Si. The first-order valence-electron chi connectivity index (χ1n) is 15.1. The molecule has 0 saturated carbocycles. The number of alkyl carbamates (subject to hydrolysis) is 1. The molecule has 1 N–H and O–H groups in total. The minimum atomic E-state index is -2.80. The number of hydrogen-bond donors (Lipinski definition) is 1. The van der Waals surface area contributed by atoms with Gasteiger partial charge < -0.3 is 24.0 Å². The van der Waals surface area contributed by atoms with Gasteiger partial charge in [-0.2, -0.15) is 0 Å². The summed E-state index contributed by atoms with van der Waals surface area (Å²) in [5.74, 6) is 0. The third-order valence-corrected chi connectivity index (χ3v) is 11.9. The highest BCUT2D eigenvalue weighted by molar-refractivity contribution is 6.99. The quantitative estimate of drug-likeness (QED) is 0.0565. The third kappa shape index (κ3) is 12.2. The van der Waals surface area contributed by atoms with Gasteiger partial charge in [-0.25, -0.2) is 4.79 Å². The summed E-state index contributed by atoms with van der Waals surface area (Å²) in [7, 11) is -1.20. The number of rotatable bonds is 17. The summed E-state index contributed by atoms with van der Waals surface area (Å²) in [5, 5.41) is 5.03. The fourth-order valence-corrected chi connectivity index (χ4v) is 9.65. The van der Waals surface area contributed by atoms with Gasteiger partial charge in [0.25, 0.3) is 8.32 Å². The Bertz CT molecular complexity index is 1100. The van der Waals surface area contributed by atoms with E-state index in [2.05, 4.69) is 86.8 Å². The molecule has 43 heavy (non-hydrogen) atoms. The van der Waals surface area contributed by atoms with Crippen molar-refractivity contribution in [1.29, 1.82) is 0 Å². The van der Waals surface area contributed by atoms with Crippen LogP contribution in [0.4, 0.5) is 4.79 Å². The summed E-state index contributed by atoms with van der Waals surface area (Å²) >= 11 is 0. The Kier molecular flexibility index (Phi) is 15.1. The zero-order chi connectivity index (χ0) is 31.8. The molecule has 2 rings (SSSR count). The van der Waals surface area contributed by atoms with Crippen LogP contribution in [0, 0.1) is 0 Å². The van der Waals surface area contributed by atoms with Gasteiger partial charge in [0.1, 0.15) is 18.7 Å². The molecule has 0 aliphatic heterocycles. The maximum Gasteiger partial charge on any atom is 0.407 e. The molecule has 0 spiro atoms. The van der Waals surface area contributed by atoms with Crippen molar-refractivity contribution in [3.05, 3.63) is 85.0 Å². The molecule has 8 heteroatoms. The molecule has 0 radical (unpaired) electrons. The Morgan fingerprint density at radius 1 is 0.907 bits per heavy atom. The summed E-state index contributed by atoms with van der Waals surface area (Å²) in [5.41, 5.74) is -0.535. The molecule has 0 aliphatic rings. The van der Waals surface area contributed by atoms with Crippen molar-refractivity contribution in [2.75, 3.05) is 20.4 Å². The van der Waals surface area contributed by atoms with Gasteiger partial charge in [0.2, 0.25) is 0 Å². The standard InChI is InChI=1S/C35H51NO6Si/c1-34(2,3)41-33(38)36-26-17-21-29(40-28-39-7)19-16-20-30(18-14-15-27-37)42-43(35(4,5)6,31-22-10-8-11-23-31)32-24-12-9-13-25-32/h8-16,20,22-25,27,29-30H,17-19,21,26,28H2,1-7H3,(H,36,38)/b15-14+,20-16+/t29-,30-/m0/s1. The zero-order valence-electron chi connectivity index (χ0n) is 27.0. The topological polar surface area (TPSA) is 83.1 Å². The first-order valence-corrected chi connectivity index (χ1v) is 17.0. The molecule has 0 fully saturated rings. The van der Waals surface area contributed by atoms with E-state index in [1.165, 1.54) is 16.4 Å². The van der Waals surface area contributed by atoms with Crippen LogP contribution < -0.4 is 15.7 Å². The number of amides is 1. The predicted molar refractivity (Wildman–Crippen MR) is 176 cm³/mol. The molecule has 0 aliphatic carbocycles. The van der Waals surface area contributed by atoms with E-state index >= 15 is 0 Å². The number of allylic oxidation sites excluding steroid dienone is 1. The maximum atomic E-state index is 12.0. The number of benzene rings is 2. The summed E-state index contributed by atoms with van der Waals surface area (Å²) in [6.45, 7) is 12.9. The Morgan fingerprint density at radius 2 is 1.51 bits per heavy atom. The molecule has 2 atom stereocenters. The number of nitrogens with one attached hydrogen (secondary N) is 1. The van der Waals surface area contributed by atoms with Crippen molar-refractivity contribution in [2.24, 2.45) is 0 Å². The maximum absolute atomic E-state index is 12.0. The second-order valence-electron chi connectivity index (χ2n) is 12.5.